The first-order valence-electron chi connectivity index (χ1n) is 10.2. The molecule has 1 aliphatic rings. The van der Waals surface area contributed by atoms with Crippen molar-refractivity contribution in [3.8, 4) is 5.75 Å². The van der Waals surface area contributed by atoms with Crippen molar-refractivity contribution >= 4 is 26.8 Å². The monoisotopic (exact) mass is 481 g/mol. The number of hydrogen-bond acceptors (Lipinski definition) is 4. The molecule has 4 rings (SSSR count). The molecule has 0 radical (unpaired) electrons. The molecule has 0 saturated carbocycles. The number of hydrogen-bond donors (Lipinski definition) is 1. The fourth-order valence-electron chi connectivity index (χ4n) is 3.87. The Morgan fingerprint density at radius 1 is 1.00 bits per heavy atom. The fourth-order valence-corrected chi connectivity index (χ4v) is 5.29. The van der Waals surface area contributed by atoms with E-state index in [-0.39, 0.29) is 37.0 Å². The van der Waals surface area contributed by atoms with Crippen molar-refractivity contribution in [2.45, 2.75) is 25.1 Å². The molecule has 0 aliphatic carbocycles. The van der Waals surface area contributed by atoms with Gasteiger partial charge in [0.1, 0.15) is 5.75 Å². The van der Waals surface area contributed by atoms with Crippen LogP contribution in [0.1, 0.15) is 21.6 Å². The van der Waals surface area contributed by atoms with Gasteiger partial charge in [0.25, 0.3) is 5.91 Å². The van der Waals surface area contributed by atoms with Crippen LogP contribution in [0.15, 0.2) is 47.4 Å². The van der Waals surface area contributed by atoms with Gasteiger partial charge in [-0.2, -0.15) is 4.31 Å². The van der Waals surface area contributed by atoms with Crippen LogP contribution in [0, 0.1) is 13.8 Å². The minimum absolute atomic E-state index is 0.0827. The molecule has 1 fully saturated rings. The largest absolute Gasteiger partial charge is 0.573 e. The number of benzene rings is 2. The number of rotatable bonds is 4. The van der Waals surface area contributed by atoms with Crippen molar-refractivity contribution in [3.63, 3.8) is 0 Å². The number of carbonyl (C=O) groups is 1. The number of nitrogens with zero attached hydrogens (tertiary/aromatic N) is 2. The highest BCUT2D eigenvalue weighted by molar-refractivity contribution is 7.89. The number of aromatic amines is 1. The molecule has 0 unspecified atom stereocenters. The molecular formula is C22H22F3N3O4S. The number of aryl methyl sites for hydroxylation is 2. The van der Waals surface area contributed by atoms with Crippen molar-refractivity contribution < 1.29 is 31.1 Å². The van der Waals surface area contributed by atoms with Crippen LogP contribution in [-0.4, -0.2) is 61.1 Å². The Bertz CT molecular complexity index is 1290. The first-order valence-corrected chi connectivity index (χ1v) is 11.6. The highest BCUT2D eigenvalue weighted by Crippen LogP contribution is 2.26. The number of carbonyl (C=O) groups excluding carboxylic acids is 1. The van der Waals surface area contributed by atoms with E-state index in [1.165, 1.54) is 4.31 Å². The van der Waals surface area contributed by atoms with Gasteiger partial charge in [-0.05, 0) is 61.9 Å². The second-order valence-corrected chi connectivity index (χ2v) is 9.79. The van der Waals surface area contributed by atoms with Gasteiger partial charge >= 0.3 is 6.36 Å². The molecule has 11 heteroatoms. The lowest BCUT2D eigenvalue weighted by atomic mass is 10.1. The third-order valence-electron chi connectivity index (χ3n) is 5.78. The predicted octanol–water partition coefficient (Wildman–Crippen LogP) is 3.83. The van der Waals surface area contributed by atoms with Gasteiger partial charge in [0, 0.05) is 48.3 Å². The molecule has 1 aromatic heterocycles. The minimum atomic E-state index is -4.85. The molecule has 0 atom stereocenters. The number of alkyl halides is 3. The van der Waals surface area contributed by atoms with Crippen molar-refractivity contribution in [1.82, 2.24) is 14.2 Å². The number of aromatic nitrogens is 1. The summed E-state index contributed by atoms with van der Waals surface area (Å²) in [4.78, 5) is 17.7. The van der Waals surface area contributed by atoms with E-state index in [2.05, 4.69) is 9.72 Å². The topological polar surface area (TPSA) is 82.7 Å². The van der Waals surface area contributed by atoms with E-state index in [4.69, 9.17) is 0 Å². The van der Waals surface area contributed by atoms with E-state index >= 15 is 0 Å². The summed E-state index contributed by atoms with van der Waals surface area (Å²) in [6.45, 7) is 4.52. The lowest BCUT2D eigenvalue weighted by Gasteiger charge is -2.34. The van der Waals surface area contributed by atoms with Crippen molar-refractivity contribution in [3.05, 3.63) is 59.3 Å². The summed E-state index contributed by atoms with van der Waals surface area (Å²) in [6, 6.07) is 9.50. The summed E-state index contributed by atoms with van der Waals surface area (Å²) in [7, 11) is -3.91. The first-order chi connectivity index (χ1) is 15.5. The van der Waals surface area contributed by atoms with E-state index in [1.54, 1.807) is 11.0 Å². The predicted molar refractivity (Wildman–Crippen MR) is 116 cm³/mol. The molecular weight excluding hydrogens is 459 g/mol. The van der Waals surface area contributed by atoms with Crippen LogP contribution in [-0.2, 0) is 10.0 Å². The Morgan fingerprint density at radius 3 is 2.24 bits per heavy atom. The van der Waals surface area contributed by atoms with Crippen LogP contribution in [0.5, 0.6) is 5.75 Å². The SMILES string of the molecule is Cc1[nH]c2ccc(C(=O)N3CCN(S(=O)(=O)c4ccc(OC(F)(F)F)cc4)CC3)cc2c1C. The van der Waals surface area contributed by atoms with Gasteiger partial charge < -0.3 is 14.6 Å². The number of nitrogens with one attached hydrogen (secondary N) is 1. The van der Waals surface area contributed by atoms with Crippen molar-refractivity contribution in [2.75, 3.05) is 26.2 Å². The van der Waals surface area contributed by atoms with E-state index in [0.717, 1.165) is 46.4 Å². The number of ether oxygens (including phenoxy) is 1. The zero-order chi connectivity index (χ0) is 24.0. The van der Waals surface area contributed by atoms with Crippen LogP contribution in [0.3, 0.4) is 0 Å². The highest BCUT2D eigenvalue weighted by Gasteiger charge is 2.33. The van der Waals surface area contributed by atoms with Crippen LogP contribution in [0.25, 0.3) is 10.9 Å². The molecule has 33 heavy (non-hydrogen) atoms. The van der Waals surface area contributed by atoms with Crippen molar-refractivity contribution in [2.24, 2.45) is 0 Å². The highest BCUT2D eigenvalue weighted by atomic mass is 32.2. The van der Waals surface area contributed by atoms with Gasteiger partial charge in [0.05, 0.1) is 4.90 Å². The number of amides is 1. The molecule has 1 amide bonds. The lowest BCUT2D eigenvalue weighted by molar-refractivity contribution is -0.274. The third-order valence-corrected chi connectivity index (χ3v) is 7.69. The summed E-state index contributed by atoms with van der Waals surface area (Å²) in [5.41, 5.74) is 3.58. The van der Waals surface area contributed by atoms with Crippen molar-refractivity contribution in [1.29, 1.82) is 0 Å². The van der Waals surface area contributed by atoms with Crippen LogP contribution in [0.2, 0.25) is 0 Å². The van der Waals surface area contributed by atoms with Gasteiger partial charge in [-0.3, -0.25) is 4.79 Å². The van der Waals surface area contributed by atoms with E-state index in [0.29, 0.717) is 5.56 Å². The molecule has 7 nitrogen and oxygen atoms in total. The van der Waals surface area contributed by atoms with Crippen LogP contribution >= 0.6 is 0 Å². The maximum absolute atomic E-state index is 13.0. The Labute approximate surface area is 188 Å². The minimum Gasteiger partial charge on any atom is -0.406 e. The molecule has 0 bridgehead atoms. The zero-order valence-corrected chi connectivity index (χ0v) is 18.8. The molecule has 0 spiro atoms. The second-order valence-electron chi connectivity index (χ2n) is 7.85. The average Bonchev–Trinajstić information content (AvgIpc) is 3.05. The fraction of sp³-hybridized carbons (Fsp3) is 0.318. The number of halogens is 3. The van der Waals surface area contributed by atoms with Crippen LogP contribution < -0.4 is 4.74 Å². The van der Waals surface area contributed by atoms with E-state index in [9.17, 15) is 26.4 Å². The Kier molecular flexibility index (Phi) is 5.87. The second kappa shape index (κ2) is 8.38. The number of H-pyrrole nitrogens is 1. The normalized spacial score (nSPS) is 15.7. The zero-order valence-electron chi connectivity index (χ0n) is 17.9. The maximum atomic E-state index is 13.0. The summed E-state index contributed by atoms with van der Waals surface area (Å²) in [5, 5.41) is 0.970. The average molecular weight is 481 g/mol. The number of fused-ring (bicyclic) bond motifs is 1. The van der Waals surface area contributed by atoms with Gasteiger partial charge in [-0.15, -0.1) is 13.2 Å². The molecule has 176 valence electrons. The molecule has 1 saturated heterocycles. The third kappa shape index (κ3) is 4.69. The van der Waals surface area contributed by atoms with Gasteiger partial charge in [0.2, 0.25) is 10.0 Å². The first kappa shape index (κ1) is 23.1. The summed E-state index contributed by atoms with van der Waals surface area (Å²) < 4.78 is 67.7. The standard InChI is InChI=1S/C22H22F3N3O4S/c1-14-15(2)26-20-8-3-16(13-19(14)20)21(29)27-9-11-28(12-10-27)33(30,31)18-6-4-17(5-7-18)32-22(23,24)25/h3-8,13,26H,9-12H2,1-2H3. The summed E-state index contributed by atoms with van der Waals surface area (Å²) in [6.07, 6.45) is -4.85. The summed E-state index contributed by atoms with van der Waals surface area (Å²) >= 11 is 0. The van der Waals surface area contributed by atoms with Gasteiger partial charge in [-0.1, -0.05) is 0 Å². The van der Waals surface area contributed by atoms with Gasteiger partial charge in [-0.25, -0.2) is 8.42 Å². The lowest BCUT2D eigenvalue weighted by Crippen LogP contribution is -2.50. The summed E-state index contributed by atoms with van der Waals surface area (Å²) in [5.74, 6) is -0.678. The smallest absolute Gasteiger partial charge is 0.406 e. The number of piperazine rings is 1. The Morgan fingerprint density at radius 2 is 1.64 bits per heavy atom. The quantitative estimate of drug-likeness (QED) is 0.614. The maximum Gasteiger partial charge on any atom is 0.573 e. The Hall–Kier alpha value is -3.05. The molecule has 1 aliphatic heterocycles. The number of sulfonamides is 1. The van der Waals surface area contributed by atoms with Gasteiger partial charge in [0.15, 0.2) is 0 Å². The van der Waals surface area contributed by atoms with E-state index < -0.39 is 22.1 Å². The molecule has 1 N–H and O–H groups in total. The molecule has 3 aromatic rings. The molecule has 2 aromatic carbocycles. The molecule has 2 heterocycles. The van der Waals surface area contributed by atoms with Crippen LogP contribution in [0.4, 0.5) is 13.2 Å². The Balaban J connectivity index is 1.43. The van der Waals surface area contributed by atoms with E-state index in [1.807, 2.05) is 26.0 Å².